The number of carbonyl (C=O) groups excluding carboxylic acids is 2. The summed E-state index contributed by atoms with van der Waals surface area (Å²) in [5.41, 5.74) is -0.790. The van der Waals surface area contributed by atoms with Crippen LogP contribution in [0.15, 0.2) is 24.8 Å². The molecule has 0 N–H and O–H groups in total. The molecule has 3 heteroatoms. The second kappa shape index (κ2) is 4.33. The van der Waals surface area contributed by atoms with E-state index in [0.29, 0.717) is 18.1 Å². The van der Waals surface area contributed by atoms with E-state index in [0.717, 1.165) is 25.8 Å². The van der Waals surface area contributed by atoms with Crippen molar-refractivity contribution >= 4 is 11.7 Å². The summed E-state index contributed by atoms with van der Waals surface area (Å²) >= 11 is 0. The normalized spacial score (nSPS) is 49.3. The van der Waals surface area contributed by atoms with Gasteiger partial charge < -0.3 is 4.90 Å². The lowest BCUT2D eigenvalue weighted by Gasteiger charge is -2.58. The molecule has 22 heavy (non-hydrogen) atoms. The van der Waals surface area contributed by atoms with Gasteiger partial charge in [0.1, 0.15) is 5.78 Å². The fourth-order valence-electron chi connectivity index (χ4n) is 6.08. The van der Waals surface area contributed by atoms with Gasteiger partial charge in [0.2, 0.25) is 5.91 Å². The summed E-state index contributed by atoms with van der Waals surface area (Å²) in [5.74, 6) is 1.03. The molecule has 2 aliphatic heterocycles. The van der Waals surface area contributed by atoms with Gasteiger partial charge in [-0.2, -0.15) is 0 Å². The Bertz CT molecular complexity index is 594. The van der Waals surface area contributed by atoms with Gasteiger partial charge in [0, 0.05) is 29.8 Å². The molecule has 118 valence electrons. The van der Waals surface area contributed by atoms with Crippen LogP contribution in [0.3, 0.4) is 0 Å². The maximum atomic E-state index is 13.5. The first kappa shape index (κ1) is 14.2. The molecule has 1 saturated carbocycles. The number of fused-ring (bicyclic) bond motifs is 1. The topological polar surface area (TPSA) is 37.4 Å². The minimum absolute atomic E-state index is 0.0114. The summed E-state index contributed by atoms with van der Waals surface area (Å²) in [5, 5.41) is 0. The van der Waals surface area contributed by atoms with E-state index in [1.807, 2.05) is 6.08 Å². The number of carbonyl (C=O) groups is 2. The lowest BCUT2D eigenvalue weighted by atomic mass is 9.46. The zero-order chi connectivity index (χ0) is 15.7. The summed E-state index contributed by atoms with van der Waals surface area (Å²) < 4.78 is 0. The first-order valence-electron chi connectivity index (χ1n) is 8.60. The molecule has 2 aliphatic carbocycles. The van der Waals surface area contributed by atoms with Crippen molar-refractivity contribution in [2.24, 2.45) is 28.6 Å². The molecule has 3 fully saturated rings. The third kappa shape index (κ3) is 1.34. The SMILES string of the molecule is C=CC[C@@]12C=CCC[C@@H]3C(=O)N4C[C@@H](C)C(CC4[C@@]31C)C2=O. The van der Waals surface area contributed by atoms with E-state index in [1.165, 1.54) is 0 Å². The van der Waals surface area contributed by atoms with Crippen molar-refractivity contribution in [3.63, 3.8) is 0 Å². The Labute approximate surface area is 132 Å². The number of ketones is 1. The highest BCUT2D eigenvalue weighted by atomic mass is 16.2. The van der Waals surface area contributed by atoms with Crippen LogP contribution in [-0.4, -0.2) is 29.2 Å². The van der Waals surface area contributed by atoms with Gasteiger partial charge in [-0.3, -0.25) is 9.59 Å². The van der Waals surface area contributed by atoms with Gasteiger partial charge in [-0.15, -0.1) is 6.58 Å². The second-order valence-corrected chi connectivity index (χ2v) is 7.97. The van der Waals surface area contributed by atoms with E-state index >= 15 is 0 Å². The van der Waals surface area contributed by atoms with E-state index < -0.39 is 5.41 Å². The average Bonchev–Trinajstić information content (AvgIpc) is 2.62. The van der Waals surface area contributed by atoms with Gasteiger partial charge in [0.05, 0.1) is 5.41 Å². The summed E-state index contributed by atoms with van der Waals surface area (Å²) in [6.07, 6.45) is 9.50. The summed E-state index contributed by atoms with van der Waals surface area (Å²) in [6, 6.07) is 0.228. The van der Waals surface area contributed by atoms with E-state index in [4.69, 9.17) is 0 Å². The molecular formula is C19H25NO2. The minimum atomic E-state index is -0.525. The van der Waals surface area contributed by atoms with E-state index in [-0.39, 0.29) is 29.2 Å². The quantitative estimate of drug-likeness (QED) is 0.735. The van der Waals surface area contributed by atoms with Crippen molar-refractivity contribution in [2.45, 2.75) is 45.6 Å². The number of hydrogen-bond acceptors (Lipinski definition) is 2. The zero-order valence-corrected chi connectivity index (χ0v) is 13.5. The number of amides is 1. The van der Waals surface area contributed by atoms with Gasteiger partial charge in [0.25, 0.3) is 0 Å². The molecule has 0 aromatic carbocycles. The fraction of sp³-hybridized carbons (Fsp3) is 0.684. The maximum absolute atomic E-state index is 13.5. The van der Waals surface area contributed by atoms with Crippen LogP contribution in [0.25, 0.3) is 0 Å². The van der Waals surface area contributed by atoms with Crippen LogP contribution in [0, 0.1) is 28.6 Å². The van der Waals surface area contributed by atoms with Crippen LogP contribution < -0.4 is 0 Å². The number of rotatable bonds is 2. The van der Waals surface area contributed by atoms with Crippen LogP contribution >= 0.6 is 0 Å². The van der Waals surface area contributed by atoms with Gasteiger partial charge >= 0.3 is 0 Å². The van der Waals surface area contributed by atoms with Crippen molar-refractivity contribution in [1.82, 2.24) is 4.90 Å². The number of nitrogens with zero attached hydrogens (tertiary/aromatic N) is 1. The second-order valence-electron chi connectivity index (χ2n) is 7.97. The number of hydrogen-bond donors (Lipinski definition) is 0. The van der Waals surface area contributed by atoms with Crippen LogP contribution in [0.5, 0.6) is 0 Å². The molecule has 0 radical (unpaired) electrons. The minimum Gasteiger partial charge on any atom is -0.339 e. The summed E-state index contributed by atoms with van der Waals surface area (Å²) in [4.78, 5) is 28.7. The largest absolute Gasteiger partial charge is 0.339 e. The molecule has 6 atom stereocenters. The Morgan fingerprint density at radius 3 is 2.95 bits per heavy atom. The molecule has 3 nitrogen and oxygen atoms in total. The molecule has 2 bridgehead atoms. The Kier molecular flexibility index (Phi) is 2.80. The van der Waals surface area contributed by atoms with Crippen molar-refractivity contribution < 1.29 is 9.59 Å². The molecule has 4 aliphatic rings. The van der Waals surface area contributed by atoms with Crippen LogP contribution in [0.1, 0.15) is 39.5 Å². The monoisotopic (exact) mass is 299 g/mol. The van der Waals surface area contributed by atoms with Gasteiger partial charge in [-0.1, -0.05) is 32.1 Å². The molecule has 2 unspecified atom stereocenters. The predicted octanol–water partition coefficient (Wildman–Crippen LogP) is 2.97. The first-order chi connectivity index (χ1) is 10.5. The van der Waals surface area contributed by atoms with E-state index in [9.17, 15) is 9.59 Å². The van der Waals surface area contributed by atoms with E-state index in [2.05, 4.69) is 37.5 Å². The smallest absolute Gasteiger partial charge is 0.226 e. The lowest BCUT2D eigenvalue weighted by Crippen LogP contribution is -2.64. The number of Topliss-reactive ketones (excluding diaryl/α,β-unsaturated/α-hetero) is 1. The predicted molar refractivity (Wildman–Crippen MR) is 85.0 cm³/mol. The van der Waals surface area contributed by atoms with Gasteiger partial charge in [-0.05, 0) is 31.6 Å². The van der Waals surface area contributed by atoms with Crippen molar-refractivity contribution in [3.8, 4) is 0 Å². The number of allylic oxidation sites excluding steroid dienone is 3. The Balaban J connectivity index is 1.99. The first-order valence-corrected chi connectivity index (χ1v) is 8.60. The standard InChI is InChI=1S/C19H25NO2/c1-4-8-19-9-6-5-7-14-17(22)20-11-12(2)13(16(19)21)10-15(20)18(14,19)3/h4,6,9,12-15H,1,5,7-8,10-11H2,2-3H3/t12-,13?,14-,15?,18-,19+/m1/s1. The van der Waals surface area contributed by atoms with Gasteiger partial charge in [-0.25, -0.2) is 0 Å². The molecular weight excluding hydrogens is 274 g/mol. The summed E-state index contributed by atoms with van der Waals surface area (Å²) in [7, 11) is 0. The summed E-state index contributed by atoms with van der Waals surface area (Å²) in [6.45, 7) is 9.03. The number of piperidine rings is 1. The van der Waals surface area contributed by atoms with Gasteiger partial charge in [0.15, 0.2) is 0 Å². The average molecular weight is 299 g/mol. The van der Waals surface area contributed by atoms with Crippen LogP contribution in [0.2, 0.25) is 0 Å². The van der Waals surface area contributed by atoms with Crippen LogP contribution in [0.4, 0.5) is 0 Å². The molecule has 2 saturated heterocycles. The third-order valence-corrected chi connectivity index (χ3v) is 7.25. The van der Waals surface area contributed by atoms with Crippen molar-refractivity contribution in [3.05, 3.63) is 24.8 Å². The molecule has 0 spiro atoms. The lowest BCUT2D eigenvalue weighted by molar-refractivity contribution is -0.156. The maximum Gasteiger partial charge on any atom is 0.226 e. The highest BCUT2D eigenvalue weighted by Gasteiger charge is 2.72. The fourth-order valence-corrected chi connectivity index (χ4v) is 6.08. The molecule has 0 aromatic heterocycles. The van der Waals surface area contributed by atoms with Crippen molar-refractivity contribution in [1.29, 1.82) is 0 Å². The Hall–Kier alpha value is -1.38. The molecule has 1 amide bonds. The highest BCUT2D eigenvalue weighted by Crippen LogP contribution is 2.66. The molecule has 0 aromatic rings. The highest BCUT2D eigenvalue weighted by molar-refractivity contribution is 5.96. The molecule has 4 rings (SSSR count). The zero-order valence-electron chi connectivity index (χ0n) is 13.5. The Morgan fingerprint density at radius 2 is 2.23 bits per heavy atom. The Morgan fingerprint density at radius 1 is 1.45 bits per heavy atom. The molecule has 2 heterocycles. The van der Waals surface area contributed by atoms with Crippen molar-refractivity contribution in [2.75, 3.05) is 6.54 Å². The van der Waals surface area contributed by atoms with E-state index in [1.54, 1.807) is 0 Å². The third-order valence-electron chi connectivity index (χ3n) is 7.25. The van der Waals surface area contributed by atoms with Crippen LogP contribution in [-0.2, 0) is 9.59 Å².